The average molecular weight is 122 g/mol. The Labute approximate surface area is 69.6 Å². The van der Waals surface area contributed by atoms with Crippen molar-refractivity contribution < 1.29 is 9.90 Å². The Kier molecular flexibility index (Phi) is 6.93. The minimum Gasteiger partial charge on any atom is -0.480 e. The molecule has 1 unspecified atom stereocenters. The van der Waals surface area contributed by atoms with Gasteiger partial charge < -0.3 is 5.11 Å². The fraction of sp³-hybridized carbons (Fsp3) is 0.500. The molecule has 0 saturated carbocycles. The molecule has 0 aliphatic heterocycles. The van der Waals surface area contributed by atoms with Gasteiger partial charge in [-0.05, 0) is 6.92 Å². The van der Waals surface area contributed by atoms with Gasteiger partial charge in [0.25, 0.3) is 0 Å². The summed E-state index contributed by atoms with van der Waals surface area (Å²) >= 11 is 0. The first-order chi connectivity index (χ1) is 3.18. The maximum Gasteiger partial charge on any atom is 0.320 e. The molecule has 4 heteroatoms. The Balaban J connectivity index is 0. The van der Waals surface area contributed by atoms with Crippen LogP contribution in [0.25, 0.3) is 0 Å². The zero-order valence-electron chi connectivity index (χ0n) is 4.88. The number of rotatable bonds is 1. The van der Waals surface area contributed by atoms with Crippen LogP contribution in [0.15, 0.2) is 0 Å². The van der Waals surface area contributed by atoms with Crippen molar-refractivity contribution in [3.63, 3.8) is 0 Å². The molecule has 0 heterocycles. The Bertz CT molecular complexity index is 118. The summed E-state index contributed by atoms with van der Waals surface area (Å²) in [6.07, 6.45) is 0. The van der Waals surface area contributed by atoms with Gasteiger partial charge in [-0.1, -0.05) is 0 Å². The molecule has 0 spiro atoms. The van der Waals surface area contributed by atoms with Gasteiger partial charge in [0.1, 0.15) is 5.92 Å². The smallest absolute Gasteiger partial charge is 0.320 e. The van der Waals surface area contributed by atoms with E-state index in [0.717, 1.165) is 0 Å². The van der Waals surface area contributed by atoms with E-state index >= 15 is 0 Å². The van der Waals surface area contributed by atoms with Crippen molar-refractivity contribution in [3.8, 4) is 6.07 Å². The van der Waals surface area contributed by atoms with E-state index in [1.165, 1.54) is 6.92 Å². The second-order valence-corrected chi connectivity index (χ2v) is 1.19. The molecule has 0 bridgehead atoms. The first-order valence-electron chi connectivity index (χ1n) is 1.81. The molecule has 0 amide bonds. The van der Waals surface area contributed by atoms with Crippen LogP contribution in [0.5, 0.6) is 0 Å². The monoisotopic (exact) mass is 122 g/mol. The van der Waals surface area contributed by atoms with Crippen LogP contribution in [0.1, 0.15) is 6.92 Å². The summed E-state index contributed by atoms with van der Waals surface area (Å²) in [7, 11) is 0. The molecular formula is C4H5NNaO2. The molecule has 1 atom stereocenters. The number of hydrogen-bond donors (Lipinski definition) is 1. The van der Waals surface area contributed by atoms with E-state index in [9.17, 15) is 4.79 Å². The fourth-order valence-electron chi connectivity index (χ4n) is 0.0552. The van der Waals surface area contributed by atoms with Gasteiger partial charge in [0.15, 0.2) is 0 Å². The molecule has 0 saturated heterocycles. The van der Waals surface area contributed by atoms with Crippen molar-refractivity contribution in [1.29, 1.82) is 5.26 Å². The minimum absolute atomic E-state index is 0. The molecule has 0 aromatic heterocycles. The number of carboxylic acid groups (broad SMARTS) is 1. The molecule has 8 heavy (non-hydrogen) atoms. The third kappa shape index (κ3) is 4.13. The van der Waals surface area contributed by atoms with Crippen LogP contribution >= 0.6 is 0 Å². The maximum atomic E-state index is 9.71. The van der Waals surface area contributed by atoms with Gasteiger partial charge in [-0.3, -0.25) is 4.79 Å². The van der Waals surface area contributed by atoms with Gasteiger partial charge in [-0.25, -0.2) is 0 Å². The van der Waals surface area contributed by atoms with E-state index in [1.54, 1.807) is 6.07 Å². The van der Waals surface area contributed by atoms with E-state index < -0.39 is 11.9 Å². The van der Waals surface area contributed by atoms with Crippen LogP contribution < -0.4 is 0 Å². The van der Waals surface area contributed by atoms with Crippen molar-refractivity contribution in [3.05, 3.63) is 0 Å². The van der Waals surface area contributed by atoms with Crippen molar-refractivity contribution >= 4 is 35.5 Å². The molecule has 1 N–H and O–H groups in total. The number of aliphatic carboxylic acids is 1. The number of nitriles is 1. The fourth-order valence-corrected chi connectivity index (χ4v) is 0.0552. The summed E-state index contributed by atoms with van der Waals surface area (Å²) < 4.78 is 0. The summed E-state index contributed by atoms with van der Waals surface area (Å²) in [4.78, 5) is 9.71. The van der Waals surface area contributed by atoms with Crippen molar-refractivity contribution in [2.75, 3.05) is 0 Å². The summed E-state index contributed by atoms with van der Waals surface area (Å²) in [5.41, 5.74) is 0. The van der Waals surface area contributed by atoms with Crippen LogP contribution in [0, 0.1) is 17.2 Å². The minimum atomic E-state index is -1.07. The van der Waals surface area contributed by atoms with Crippen molar-refractivity contribution in [1.82, 2.24) is 0 Å². The number of carbonyl (C=O) groups is 1. The Morgan fingerprint density at radius 2 is 2.25 bits per heavy atom. The Hall–Kier alpha value is -0.0400. The summed E-state index contributed by atoms with van der Waals surface area (Å²) in [5.74, 6) is -1.94. The zero-order valence-corrected chi connectivity index (χ0v) is 6.88. The van der Waals surface area contributed by atoms with Crippen molar-refractivity contribution in [2.45, 2.75) is 6.92 Å². The normalized spacial score (nSPS) is 10.5. The molecule has 0 aliphatic carbocycles. The van der Waals surface area contributed by atoms with Crippen LogP contribution in [-0.4, -0.2) is 40.6 Å². The van der Waals surface area contributed by atoms with Gasteiger partial charge in [0, 0.05) is 29.6 Å². The van der Waals surface area contributed by atoms with Gasteiger partial charge in [0.2, 0.25) is 0 Å². The van der Waals surface area contributed by atoms with Crippen LogP contribution in [0.2, 0.25) is 0 Å². The second-order valence-electron chi connectivity index (χ2n) is 1.19. The number of carboxylic acids is 1. The zero-order chi connectivity index (χ0) is 5.86. The van der Waals surface area contributed by atoms with Crippen molar-refractivity contribution in [2.24, 2.45) is 5.92 Å². The molecule has 0 rings (SSSR count). The Morgan fingerprint density at radius 3 is 2.25 bits per heavy atom. The molecule has 0 aromatic carbocycles. The SMILES string of the molecule is CC(C#N)C(=O)O.[Na]. The summed E-state index contributed by atoms with van der Waals surface area (Å²) in [5, 5.41) is 15.8. The maximum absolute atomic E-state index is 9.71. The van der Waals surface area contributed by atoms with E-state index in [-0.39, 0.29) is 29.6 Å². The van der Waals surface area contributed by atoms with Crippen LogP contribution in [0.4, 0.5) is 0 Å². The standard InChI is InChI=1S/C4H5NO2.Na/c1-3(2-5)4(6)7;/h3H,1H3,(H,6,7);. The average Bonchev–Trinajstić information content (AvgIpc) is 1.65. The van der Waals surface area contributed by atoms with E-state index in [2.05, 4.69) is 0 Å². The van der Waals surface area contributed by atoms with Crippen LogP contribution in [0.3, 0.4) is 0 Å². The summed E-state index contributed by atoms with van der Waals surface area (Å²) in [6.45, 7) is 1.34. The van der Waals surface area contributed by atoms with E-state index in [4.69, 9.17) is 10.4 Å². The number of nitrogens with zero attached hydrogens (tertiary/aromatic N) is 1. The van der Waals surface area contributed by atoms with E-state index in [1.807, 2.05) is 0 Å². The van der Waals surface area contributed by atoms with E-state index in [0.29, 0.717) is 0 Å². The molecular weight excluding hydrogens is 117 g/mol. The molecule has 3 nitrogen and oxygen atoms in total. The molecule has 0 aromatic rings. The largest absolute Gasteiger partial charge is 0.480 e. The third-order valence-corrected chi connectivity index (χ3v) is 0.564. The van der Waals surface area contributed by atoms with Gasteiger partial charge in [-0.2, -0.15) is 5.26 Å². The van der Waals surface area contributed by atoms with Gasteiger partial charge in [-0.15, -0.1) is 0 Å². The summed E-state index contributed by atoms with van der Waals surface area (Å²) in [6, 6.07) is 1.56. The predicted octanol–water partition coefficient (Wildman–Crippen LogP) is -0.150. The molecule has 0 fully saturated rings. The first kappa shape index (κ1) is 10.9. The second kappa shape index (κ2) is 5.10. The number of hydrogen-bond acceptors (Lipinski definition) is 2. The van der Waals surface area contributed by atoms with Crippen LogP contribution in [-0.2, 0) is 4.79 Å². The molecule has 0 aliphatic rings. The third-order valence-electron chi connectivity index (χ3n) is 0.564. The van der Waals surface area contributed by atoms with Gasteiger partial charge in [0.05, 0.1) is 6.07 Å². The molecule has 39 valence electrons. The topological polar surface area (TPSA) is 61.1 Å². The first-order valence-corrected chi connectivity index (χ1v) is 1.81. The quantitative estimate of drug-likeness (QED) is 0.492. The predicted molar refractivity (Wildman–Crippen MR) is 28.2 cm³/mol. The molecule has 1 radical (unpaired) electrons. The Morgan fingerprint density at radius 1 is 1.88 bits per heavy atom. The van der Waals surface area contributed by atoms with Gasteiger partial charge >= 0.3 is 5.97 Å².